The lowest BCUT2D eigenvalue weighted by atomic mass is 9.81. The lowest BCUT2D eigenvalue weighted by Crippen LogP contribution is -2.29. The fourth-order valence-corrected chi connectivity index (χ4v) is 6.61. The minimum absolute atomic E-state index is 0.410. The van der Waals surface area contributed by atoms with E-state index in [-0.39, 0.29) is 0 Å². The van der Waals surface area contributed by atoms with E-state index < -0.39 is 7.12 Å². The molecular formula is C40H28BBrCl2O2. The largest absolute Gasteiger partial charge is 0.488 e. The maximum atomic E-state index is 8.65. The third kappa shape index (κ3) is 7.13. The standard InChI is InChI=1S/C20H13Cl.C14H9Br.C6H6BClO2/c21-16-8-5-7-14(12-16)20-13-15-6-1-2-9-17(15)18-10-3-4-11-19(18)20;15-14-9-10-5-1-2-6-11(10)12-7-3-4-8-13(12)14;8-6-3-1-2-5(4-6)7(9)10/h1-13H;1-9H;1-4,9-10H. The molecule has 8 aromatic rings. The number of rotatable bonds is 2. The number of fused-ring (bicyclic) bond motifs is 6. The van der Waals surface area contributed by atoms with Crippen LogP contribution in [0.2, 0.25) is 10.0 Å². The predicted molar refractivity (Wildman–Crippen MR) is 202 cm³/mol. The molecule has 0 bridgehead atoms. The molecule has 0 fully saturated rings. The summed E-state index contributed by atoms with van der Waals surface area (Å²) >= 11 is 15.3. The van der Waals surface area contributed by atoms with Crippen molar-refractivity contribution < 1.29 is 10.0 Å². The molecule has 0 atom stereocenters. The van der Waals surface area contributed by atoms with E-state index in [4.69, 9.17) is 33.2 Å². The summed E-state index contributed by atoms with van der Waals surface area (Å²) in [5.41, 5.74) is 2.80. The first-order chi connectivity index (χ1) is 22.4. The summed E-state index contributed by atoms with van der Waals surface area (Å²) in [6.07, 6.45) is 0. The SMILES string of the molecule is Brc1cc2ccccc2c2ccccc12.Clc1cccc(-c2cc3ccccc3c3ccccc23)c1.OB(O)c1cccc(Cl)c1. The molecular weight excluding hydrogens is 674 g/mol. The van der Waals surface area contributed by atoms with Crippen LogP contribution in [0.3, 0.4) is 0 Å². The molecule has 0 saturated heterocycles. The summed E-state index contributed by atoms with van der Waals surface area (Å²) in [4.78, 5) is 0. The molecule has 6 heteroatoms. The zero-order valence-corrected chi connectivity index (χ0v) is 27.7. The second-order valence-corrected chi connectivity index (χ2v) is 12.5. The molecule has 2 nitrogen and oxygen atoms in total. The Labute approximate surface area is 286 Å². The molecule has 224 valence electrons. The molecule has 8 rings (SSSR count). The number of hydrogen-bond acceptors (Lipinski definition) is 2. The van der Waals surface area contributed by atoms with Crippen LogP contribution < -0.4 is 5.46 Å². The van der Waals surface area contributed by atoms with Gasteiger partial charge in [-0.05, 0) is 96.1 Å². The molecule has 0 aromatic heterocycles. The highest BCUT2D eigenvalue weighted by molar-refractivity contribution is 9.10. The highest BCUT2D eigenvalue weighted by Crippen LogP contribution is 2.35. The van der Waals surface area contributed by atoms with Gasteiger partial charge in [-0.1, -0.05) is 160 Å². The average Bonchev–Trinajstić information content (AvgIpc) is 3.09. The lowest BCUT2D eigenvalue weighted by molar-refractivity contribution is 0.426. The van der Waals surface area contributed by atoms with Crippen molar-refractivity contribution in [2.45, 2.75) is 0 Å². The zero-order valence-electron chi connectivity index (χ0n) is 24.6. The Kier molecular flexibility index (Phi) is 10.0. The molecule has 0 heterocycles. The highest BCUT2D eigenvalue weighted by Gasteiger charge is 2.10. The summed E-state index contributed by atoms with van der Waals surface area (Å²) in [7, 11) is -1.43. The first-order valence-electron chi connectivity index (χ1n) is 14.7. The fraction of sp³-hybridized carbons (Fsp3) is 0. The molecule has 0 aliphatic heterocycles. The van der Waals surface area contributed by atoms with Crippen molar-refractivity contribution in [3.05, 3.63) is 172 Å². The molecule has 0 unspecified atom stereocenters. The topological polar surface area (TPSA) is 40.5 Å². The van der Waals surface area contributed by atoms with Gasteiger partial charge in [-0.15, -0.1) is 0 Å². The van der Waals surface area contributed by atoms with Crippen molar-refractivity contribution in [2.24, 2.45) is 0 Å². The smallest absolute Gasteiger partial charge is 0.423 e. The van der Waals surface area contributed by atoms with Crippen molar-refractivity contribution >= 4 is 94.8 Å². The Morgan fingerprint density at radius 3 is 1.48 bits per heavy atom. The lowest BCUT2D eigenvalue weighted by Gasteiger charge is -2.11. The Morgan fingerprint density at radius 2 is 0.913 bits per heavy atom. The quantitative estimate of drug-likeness (QED) is 0.139. The molecule has 0 aliphatic carbocycles. The molecule has 2 N–H and O–H groups in total. The molecule has 0 spiro atoms. The van der Waals surface area contributed by atoms with Gasteiger partial charge in [-0.25, -0.2) is 0 Å². The van der Waals surface area contributed by atoms with E-state index in [2.05, 4.69) is 131 Å². The predicted octanol–water partition coefficient (Wildman–Crippen LogP) is 11.1. The van der Waals surface area contributed by atoms with E-state index in [1.165, 1.54) is 54.7 Å². The Balaban J connectivity index is 0.000000130. The summed E-state index contributed by atoms with van der Waals surface area (Å²) in [6, 6.07) is 52.9. The summed E-state index contributed by atoms with van der Waals surface area (Å²) in [5.74, 6) is 0. The Bertz CT molecular complexity index is 2310. The van der Waals surface area contributed by atoms with Crippen molar-refractivity contribution in [1.29, 1.82) is 0 Å². The van der Waals surface area contributed by atoms with E-state index in [1.807, 2.05) is 18.2 Å². The molecule has 8 aromatic carbocycles. The normalized spacial score (nSPS) is 10.7. The van der Waals surface area contributed by atoms with Gasteiger partial charge < -0.3 is 10.0 Å². The monoisotopic (exact) mass is 700 g/mol. The van der Waals surface area contributed by atoms with Gasteiger partial charge in [0.15, 0.2) is 0 Å². The summed E-state index contributed by atoms with van der Waals surface area (Å²) in [6.45, 7) is 0. The van der Waals surface area contributed by atoms with Gasteiger partial charge in [0.05, 0.1) is 0 Å². The van der Waals surface area contributed by atoms with Crippen LogP contribution in [0.1, 0.15) is 0 Å². The first kappa shape index (κ1) is 31.8. The van der Waals surface area contributed by atoms with E-state index in [0.717, 1.165) is 15.1 Å². The first-order valence-corrected chi connectivity index (χ1v) is 16.3. The fourth-order valence-electron chi connectivity index (χ4n) is 5.62. The summed E-state index contributed by atoms with van der Waals surface area (Å²) < 4.78 is 1.16. The van der Waals surface area contributed by atoms with Gasteiger partial charge in [0.25, 0.3) is 0 Å². The maximum Gasteiger partial charge on any atom is 0.488 e. The van der Waals surface area contributed by atoms with E-state index in [1.54, 1.807) is 18.2 Å². The van der Waals surface area contributed by atoms with Gasteiger partial charge in [0, 0.05) is 14.5 Å². The van der Waals surface area contributed by atoms with Crippen LogP contribution in [0.25, 0.3) is 54.2 Å². The van der Waals surface area contributed by atoms with Crippen molar-refractivity contribution in [3.8, 4) is 11.1 Å². The van der Waals surface area contributed by atoms with Crippen LogP contribution in [0.4, 0.5) is 0 Å². The van der Waals surface area contributed by atoms with Gasteiger partial charge in [-0.2, -0.15) is 0 Å². The second kappa shape index (κ2) is 14.5. The van der Waals surface area contributed by atoms with Crippen LogP contribution in [-0.4, -0.2) is 17.2 Å². The zero-order chi connectivity index (χ0) is 32.0. The molecule has 0 saturated carbocycles. The minimum atomic E-state index is -1.43. The summed E-state index contributed by atoms with van der Waals surface area (Å²) in [5, 5.41) is 28.8. The van der Waals surface area contributed by atoms with Crippen LogP contribution in [-0.2, 0) is 0 Å². The number of benzene rings is 8. The van der Waals surface area contributed by atoms with Crippen molar-refractivity contribution in [2.75, 3.05) is 0 Å². The van der Waals surface area contributed by atoms with E-state index in [0.29, 0.717) is 10.5 Å². The van der Waals surface area contributed by atoms with Gasteiger partial charge in [-0.3, -0.25) is 0 Å². The van der Waals surface area contributed by atoms with Crippen molar-refractivity contribution in [1.82, 2.24) is 0 Å². The van der Waals surface area contributed by atoms with E-state index >= 15 is 0 Å². The van der Waals surface area contributed by atoms with Crippen LogP contribution >= 0.6 is 39.1 Å². The minimum Gasteiger partial charge on any atom is -0.423 e. The molecule has 0 amide bonds. The van der Waals surface area contributed by atoms with Crippen LogP contribution in [0.15, 0.2) is 162 Å². The third-order valence-corrected chi connectivity index (χ3v) is 8.89. The number of halogens is 3. The highest BCUT2D eigenvalue weighted by atomic mass is 79.9. The van der Waals surface area contributed by atoms with Crippen LogP contribution in [0.5, 0.6) is 0 Å². The molecule has 0 aliphatic rings. The Hall–Kier alpha value is -4.16. The number of hydrogen-bond donors (Lipinski definition) is 2. The van der Waals surface area contributed by atoms with Crippen LogP contribution in [0, 0.1) is 0 Å². The average molecular weight is 702 g/mol. The third-order valence-electron chi connectivity index (χ3n) is 7.77. The second-order valence-electron chi connectivity index (χ2n) is 10.8. The van der Waals surface area contributed by atoms with Gasteiger partial charge in [0.1, 0.15) is 0 Å². The Morgan fingerprint density at radius 1 is 0.435 bits per heavy atom. The molecule has 46 heavy (non-hydrogen) atoms. The van der Waals surface area contributed by atoms with Gasteiger partial charge in [0.2, 0.25) is 0 Å². The van der Waals surface area contributed by atoms with Gasteiger partial charge >= 0.3 is 7.12 Å². The maximum absolute atomic E-state index is 8.65. The van der Waals surface area contributed by atoms with Crippen molar-refractivity contribution in [3.63, 3.8) is 0 Å². The van der Waals surface area contributed by atoms with E-state index in [9.17, 15) is 0 Å². The molecule has 0 radical (unpaired) electrons.